The molecule has 0 saturated heterocycles. The Labute approximate surface area is 142 Å². The second kappa shape index (κ2) is 6.64. The molecule has 3 rings (SSSR count). The number of nitriles is 2. The minimum Gasteiger partial charge on any atom is -0.411 e. The Morgan fingerprint density at radius 3 is 2.84 bits per heavy atom. The molecule has 122 valence electrons. The number of anilines is 1. The van der Waals surface area contributed by atoms with Crippen LogP contribution in [0.3, 0.4) is 0 Å². The summed E-state index contributed by atoms with van der Waals surface area (Å²) in [5.74, 6) is 0.468. The highest BCUT2D eigenvalue weighted by Gasteiger charge is 2.12. The number of fused-ring (bicyclic) bond motifs is 1. The molecule has 0 amide bonds. The lowest BCUT2D eigenvalue weighted by atomic mass is 10.2. The quantitative estimate of drug-likeness (QED) is 0.422. The van der Waals surface area contributed by atoms with Gasteiger partial charge in [-0.25, -0.2) is 9.97 Å². The summed E-state index contributed by atoms with van der Waals surface area (Å²) < 4.78 is 1.53. The van der Waals surface area contributed by atoms with Crippen molar-refractivity contribution in [1.29, 1.82) is 10.5 Å². The lowest BCUT2D eigenvalue weighted by Gasteiger charge is -2.12. The summed E-state index contributed by atoms with van der Waals surface area (Å²) in [6.07, 6.45) is 5.78. The zero-order chi connectivity index (χ0) is 17.8. The second-order valence-electron chi connectivity index (χ2n) is 5.17. The van der Waals surface area contributed by atoms with Gasteiger partial charge in [0.1, 0.15) is 12.1 Å². The molecule has 3 heterocycles. The van der Waals surface area contributed by atoms with Crippen molar-refractivity contribution in [2.45, 2.75) is 13.0 Å². The summed E-state index contributed by atoms with van der Waals surface area (Å²) in [5.41, 5.74) is 2.08. The fourth-order valence-corrected chi connectivity index (χ4v) is 2.28. The summed E-state index contributed by atoms with van der Waals surface area (Å²) in [6, 6.07) is 7.02. The first-order valence-electron chi connectivity index (χ1n) is 7.24. The number of oxime groups is 1. The van der Waals surface area contributed by atoms with Gasteiger partial charge in [-0.05, 0) is 13.0 Å². The Kier molecular flexibility index (Phi) is 4.22. The fraction of sp³-hybridized carbons (Fsp3) is 0.125. The molecule has 25 heavy (non-hydrogen) atoms. The molecule has 9 nitrogen and oxygen atoms in total. The van der Waals surface area contributed by atoms with Crippen LogP contribution in [0, 0.1) is 22.7 Å². The zero-order valence-electron chi connectivity index (χ0n) is 13.1. The van der Waals surface area contributed by atoms with E-state index < -0.39 is 6.04 Å². The molecule has 0 aliphatic heterocycles. The molecule has 0 saturated carbocycles. The molecule has 2 N–H and O–H groups in total. The Morgan fingerprint density at radius 2 is 2.12 bits per heavy atom. The molecule has 3 aromatic heterocycles. The van der Waals surface area contributed by atoms with Crippen molar-refractivity contribution < 1.29 is 5.21 Å². The molecule has 9 heteroatoms. The highest BCUT2D eigenvalue weighted by Crippen LogP contribution is 2.21. The minimum atomic E-state index is -0.452. The topological polar surface area (TPSA) is 136 Å². The molecule has 0 aromatic carbocycles. The molecule has 0 aliphatic carbocycles. The molecule has 3 aromatic rings. The fourth-order valence-electron chi connectivity index (χ4n) is 2.28. The number of rotatable bonds is 4. The van der Waals surface area contributed by atoms with Gasteiger partial charge in [0.15, 0.2) is 11.5 Å². The molecule has 0 fully saturated rings. The third kappa shape index (κ3) is 3.07. The molecule has 0 aliphatic rings. The normalized spacial score (nSPS) is 12.0. The van der Waals surface area contributed by atoms with Gasteiger partial charge in [0.05, 0.1) is 24.0 Å². The molecular weight excluding hydrogens is 320 g/mol. The van der Waals surface area contributed by atoms with Crippen molar-refractivity contribution in [3.05, 3.63) is 41.9 Å². The maximum absolute atomic E-state index is 9.00. The zero-order valence-corrected chi connectivity index (χ0v) is 13.1. The second-order valence-corrected chi connectivity index (χ2v) is 5.17. The van der Waals surface area contributed by atoms with E-state index in [4.69, 9.17) is 15.7 Å². The van der Waals surface area contributed by atoms with Gasteiger partial charge in [0, 0.05) is 35.1 Å². The predicted octanol–water partition coefficient (Wildman–Crippen LogP) is 1.82. The van der Waals surface area contributed by atoms with E-state index in [-0.39, 0.29) is 0 Å². The average Bonchev–Trinajstić information content (AvgIpc) is 3.06. The summed E-state index contributed by atoms with van der Waals surface area (Å²) in [6.45, 7) is 1.70. The van der Waals surface area contributed by atoms with E-state index in [9.17, 15) is 0 Å². The van der Waals surface area contributed by atoms with Gasteiger partial charge in [-0.1, -0.05) is 5.16 Å². The summed E-state index contributed by atoms with van der Waals surface area (Å²) in [5, 5.41) is 37.7. The van der Waals surface area contributed by atoms with Crippen molar-refractivity contribution in [2.24, 2.45) is 5.16 Å². The van der Waals surface area contributed by atoms with Gasteiger partial charge < -0.3 is 10.5 Å². The minimum absolute atomic E-state index is 0.444. The largest absolute Gasteiger partial charge is 0.411 e. The smallest absolute Gasteiger partial charge is 0.164 e. The van der Waals surface area contributed by atoms with Crippen LogP contribution in [0.2, 0.25) is 0 Å². The van der Waals surface area contributed by atoms with Crippen LogP contribution in [0.5, 0.6) is 0 Å². The van der Waals surface area contributed by atoms with E-state index in [1.165, 1.54) is 23.3 Å². The monoisotopic (exact) mass is 332 g/mol. The van der Waals surface area contributed by atoms with Gasteiger partial charge in [0.25, 0.3) is 0 Å². The Hall–Kier alpha value is -3.98. The Morgan fingerprint density at radius 1 is 1.28 bits per heavy atom. The van der Waals surface area contributed by atoms with Crippen LogP contribution < -0.4 is 5.32 Å². The number of nitrogens with one attached hydrogen (secondary N) is 1. The van der Waals surface area contributed by atoms with Gasteiger partial charge >= 0.3 is 0 Å². The van der Waals surface area contributed by atoms with E-state index in [0.717, 1.165) is 0 Å². The van der Waals surface area contributed by atoms with Crippen LogP contribution in [-0.2, 0) is 0 Å². The number of hydrogen-bond donors (Lipinski definition) is 2. The van der Waals surface area contributed by atoms with Crippen molar-refractivity contribution in [3.8, 4) is 18.0 Å². The highest BCUT2D eigenvalue weighted by atomic mass is 16.4. The van der Waals surface area contributed by atoms with Gasteiger partial charge in [-0.15, -0.1) is 0 Å². The van der Waals surface area contributed by atoms with E-state index in [2.05, 4.69) is 31.6 Å². The Balaban J connectivity index is 2.10. The average molecular weight is 332 g/mol. The van der Waals surface area contributed by atoms with Crippen LogP contribution >= 0.6 is 0 Å². The predicted molar refractivity (Wildman–Crippen MR) is 89.5 cm³/mol. The number of aromatic nitrogens is 4. The Bertz CT molecular complexity index is 1040. The van der Waals surface area contributed by atoms with Crippen molar-refractivity contribution in [1.82, 2.24) is 19.7 Å². The van der Waals surface area contributed by atoms with Gasteiger partial charge in [-0.2, -0.15) is 20.3 Å². The third-order valence-electron chi connectivity index (χ3n) is 3.44. The van der Waals surface area contributed by atoms with Crippen LogP contribution in [-0.4, -0.2) is 37.2 Å². The maximum Gasteiger partial charge on any atom is 0.164 e. The van der Waals surface area contributed by atoms with E-state index in [1.807, 2.05) is 6.07 Å². The van der Waals surface area contributed by atoms with E-state index in [1.54, 1.807) is 25.3 Å². The molecule has 1 unspecified atom stereocenters. The third-order valence-corrected chi connectivity index (χ3v) is 3.44. The van der Waals surface area contributed by atoms with Crippen molar-refractivity contribution in [2.75, 3.05) is 5.32 Å². The number of hydrogen-bond acceptors (Lipinski definition) is 8. The lowest BCUT2D eigenvalue weighted by Crippen LogP contribution is -2.14. The standard InChI is InChI=1S/C16H12N8O/c1-10(4-17)23-14-3-15(19-7-13(14)9-22-25)24-16-12(8-21-24)2-11(5-18)6-20-16/h2-3,6-10,25H,1H3,(H,19,23)/b22-9+. The number of nitrogens with zero attached hydrogens (tertiary/aromatic N) is 7. The molecular formula is C16H12N8O. The van der Waals surface area contributed by atoms with Crippen LogP contribution in [0.4, 0.5) is 5.69 Å². The van der Waals surface area contributed by atoms with E-state index >= 15 is 0 Å². The summed E-state index contributed by atoms with van der Waals surface area (Å²) in [4.78, 5) is 8.55. The molecule has 1 atom stereocenters. The first-order chi connectivity index (χ1) is 12.2. The molecule has 0 radical (unpaired) electrons. The summed E-state index contributed by atoms with van der Waals surface area (Å²) >= 11 is 0. The van der Waals surface area contributed by atoms with Crippen molar-refractivity contribution >= 4 is 22.9 Å². The van der Waals surface area contributed by atoms with Crippen LogP contribution in [0.1, 0.15) is 18.1 Å². The highest BCUT2D eigenvalue weighted by molar-refractivity contribution is 5.87. The number of pyridine rings is 2. The molecule has 0 spiro atoms. The van der Waals surface area contributed by atoms with E-state index in [0.29, 0.717) is 33.7 Å². The SMILES string of the molecule is CC(C#N)Nc1cc(-n2ncc3cc(C#N)cnc32)ncc1/C=N/O. The first-order valence-corrected chi connectivity index (χ1v) is 7.24. The molecule has 0 bridgehead atoms. The van der Waals surface area contributed by atoms with Crippen LogP contribution in [0.25, 0.3) is 16.9 Å². The van der Waals surface area contributed by atoms with Gasteiger partial charge in [0.2, 0.25) is 0 Å². The maximum atomic E-state index is 9.00. The summed E-state index contributed by atoms with van der Waals surface area (Å²) in [7, 11) is 0. The van der Waals surface area contributed by atoms with Gasteiger partial charge in [-0.3, -0.25) is 0 Å². The van der Waals surface area contributed by atoms with Crippen LogP contribution in [0.15, 0.2) is 35.9 Å². The first kappa shape index (κ1) is 15.9. The lowest BCUT2D eigenvalue weighted by molar-refractivity contribution is 0.322. The van der Waals surface area contributed by atoms with Crippen molar-refractivity contribution in [3.63, 3.8) is 0 Å².